The van der Waals surface area contributed by atoms with Crippen LogP contribution in [0.1, 0.15) is 54.6 Å². The number of hydrogen-bond acceptors (Lipinski definition) is 5. The molecule has 9 nitrogen and oxygen atoms in total. The topological polar surface area (TPSA) is 102 Å². The molecule has 0 aliphatic carbocycles. The zero-order valence-corrected chi connectivity index (χ0v) is 25.1. The molecule has 7 rings (SSSR count). The van der Waals surface area contributed by atoms with Crippen molar-refractivity contribution < 1.29 is 19.1 Å². The second-order valence-corrected chi connectivity index (χ2v) is 13.4. The number of nitrogens with one attached hydrogen (secondary N) is 2. The number of fused-ring (bicyclic) bond motifs is 4. The Morgan fingerprint density at radius 2 is 1.53 bits per heavy atom. The fourth-order valence-electron chi connectivity index (χ4n) is 7.07. The second-order valence-electron chi connectivity index (χ2n) is 13.4. The van der Waals surface area contributed by atoms with Crippen LogP contribution in [0.3, 0.4) is 0 Å². The molecule has 5 heterocycles. The maximum absolute atomic E-state index is 14.0. The first kappa shape index (κ1) is 27.7. The van der Waals surface area contributed by atoms with Gasteiger partial charge in [-0.3, -0.25) is 14.4 Å². The maximum Gasteiger partial charge on any atom is 0.270 e. The number of likely N-dealkylation sites (tertiary alicyclic amines) is 2. The number of ether oxygens (including phenoxy) is 1. The van der Waals surface area contributed by atoms with Gasteiger partial charge in [0.15, 0.2) is 5.78 Å². The lowest BCUT2D eigenvalue weighted by Crippen LogP contribution is -2.53. The van der Waals surface area contributed by atoms with E-state index in [1.54, 1.807) is 0 Å². The number of aromatic nitrogens is 2. The first-order valence-corrected chi connectivity index (χ1v) is 15.3. The van der Waals surface area contributed by atoms with Crippen molar-refractivity contribution in [3.05, 3.63) is 66.0 Å². The highest BCUT2D eigenvalue weighted by molar-refractivity contribution is 6.02. The number of ketones is 1. The number of H-pyrrole nitrogens is 2. The number of Topliss-reactive ketones (excluding diaryl/α,β-unsaturated/α-hetero) is 1. The van der Waals surface area contributed by atoms with Crippen molar-refractivity contribution in [2.75, 3.05) is 44.3 Å². The molecule has 9 heteroatoms. The molecule has 0 saturated carbocycles. The average Bonchev–Trinajstić information content (AvgIpc) is 3.80. The van der Waals surface area contributed by atoms with Gasteiger partial charge in [0.05, 0.1) is 36.9 Å². The third kappa shape index (κ3) is 5.09. The molecule has 3 aliphatic heterocycles. The summed E-state index contributed by atoms with van der Waals surface area (Å²) in [5, 5.41) is 1.99. The Hall–Kier alpha value is -4.11. The molecule has 2 aromatic heterocycles. The van der Waals surface area contributed by atoms with Crippen molar-refractivity contribution in [3.8, 4) is 0 Å². The molecule has 2 N–H and O–H groups in total. The van der Waals surface area contributed by atoms with Crippen LogP contribution in [-0.4, -0.2) is 88.8 Å². The van der Waals surface area contributed by atoms with Gasteiger partial charge in [-0.15, -0.1) is 0 Å². The Morgan fingerprint density at radius 1 is 0.860 bits per heavy atom. The minimum absolute atomic E-state index is 0.0119. The number of nitrogens with zero attached hydrogens (tertiary/aromatic N) is 3. The molecule has 224 valence electrons. The molecule has 4 aromatic rings. The molecule has 0 radical (unpaired) electrons. The van der Waals surface area contributed by atoms with Crippen LogP contribution in [-0.2, 0) is 9.53 Å². The predicted octanol–water partition coefficient (Wildman–Crippen LogP) is 4.85. The highest BCUT2D eigenvalue weighted by Crippen LogP contribution is 2.38. The van der Waals surface area contributed by atoms with E-state index in [9.17, 15) is 14.4 Å². The molecule has 0 spiro atoms. The monoisotopic (exact) mass is 581 g/mol. The van der Waals surface area contributed by atoms with Gasteiger partial charge in [-0.1, -0.05) is 45.0 Å². The van der Waals surface area contributed by atoms with E-state index in [-0.39, 0.29) is 41.5 Å². The van der Waals surface area contributed by atoms with Gasteiger partial charge in [0.1, 0.15) is 5.69 Å². The number of para-hydroxylation sites is 1. The highest BCUT2D eigenvalue weighted by atomic mass is 16.5. The SMILES string of the molecule is CC(C)(C)[C@H](CC(=O)c1cc2ccccc2[nH]1)C(=O)N1C[C@@H]2C[C@H]1CN2C(=O)c1cc2ccc(N3CCOCC3)cc2[nH]1. The van der Waals surface area contributed by atoms with Gasteiger partial charge in [-0.05, 0) is 42.2 Å². The summed E-state index contributed by atoms with van der Waals surface area (Å²) in [6, 6.07) is 17.8. The Morgan fingerprint density at radius 3 is 2.26 bits per heavy atom. The molecule has 3 aliphatic rings. The normalized spacial score (nSPS) is 21.2. The number of amides is 2. The summed E-state index contributed by atoms with van der Waals surface area (Å²) >= 11 is 0. The zero-order chi connectivity index (χ0) is 29.9. The molecular formula is C34H39N5O4. The van der Waals surface area contributed by atoms with E-state index >= 15 is 0 Å². The quantitative estimate of drug-likeness (QED) is 0.317. The predicted molar refractivity (Wildman–Crippen MR) is 166 cm³/mol. The minimum atomic E-state index is -0.454. The number of piperazine rings is 1. The van der Waals surface area contributed by atoms with Gasteiger partial charge in [0.2, 0.25) is 5.91 Å². The van der Waals surface area contributed by atoms with Crippen molar-refractivity contribution in [2.45, 2.75) is 45.7 Å². The molecule has 2 amide bonds. The number of carbonyl (C=O) groups excluding carboxylic acids is 3. The summed E-state index contributed by atoms with van der Waals surface area (Å²) in [5.41, 5.74) is 3.72. The van der Waals surface area contributed by atoms with Crippen LogP contribution in [0.4, 0.5) is 5.69 Å². The third-order valence-electron chi connectivity index (χ3n) is 9.56. The van der Waals surface area contributed by atoms with Crippen molar-refractivity contribution in [1.82, 2.24) is 19.8 Å². The summed E-state index contributed by atoms with van der Waals surface area (Å²) in [4.78, 5) is 53.7. The van der Waals surface area contributed by atoms with E-state index in [0.717, 1.165) is 60.2 Å². The molecule has 3 fully saturated rings. The third-order valence-corrected chi connectivity index (χ3v) is 9.56. The van der Waals surface area contributed by atoms with Gasteiger partial charge >= 0.3 is 0 Å². The van der Waals surface area contributed by atoms with Crippen LogP contribution in [0.25, 0.3) is 21.8 Å². The first-order valence-electron chi connectivity index (χ1n) is 15.3. The van der Waals surface area contributed by atoms with E-state index < -0.39 is 5.92 Å². The van der Waals surface area contributed by atoms with E-state index in [4.69, 9.17) is 4.74 Å². The van der Waals surface area contributed by atoms with Gasteiger partial charge in [-0.25, -0.2) is 0 Å². The summed E-state index contributed by atoms with van der Waals surface area (Å²) in [7, 11) is 0. The number of anilines is 1. The van der Waals surface area contributed by atoms with E-state index in [0.29, 0.717) is 24.5 Å². The van der Waals surface area contributed by atoms with Crippen molar-refractivity contribution in [2.24, 2.45) is 11.3 Å². The molecule has 43 heavy (non-hydrogen) atoms. The largest absolute Gasteiger partial charge is 0.378 e. The van der Waals surface area contributed by atoms with E-state index in [1.165, 1.54) is 0 Å². The summed E-state index contributed by atoms with van der Waals surface area (Å²) in [5.74, 6) is -0.520. The Balaban J connectivity index is 1.03. The van der Waals surface area contributed by atoms with Crippen molar-refractivity contribution in [3.63, 3.8) is 0 Å². The van der Waals surface area contributed by atoms with Crippen LogP contribution in [0.2, 0.25) is 0 Å². The number of carbonyl (C=O) groups is 3. The lowest BCUT2D eigenvalue weighted by molar-refractivity contribution is -0.141. The molecule has 2 aromatic carbocycles. The lowest BCUT2D eigenvalue weighted by atomic mass is 9.76. The number of aromatic amines is 2. The first-order chi connectivity index (χ1) is 20.7. The highest BCUT2D eigenvalue weighted by Gasteiger charge is 2.50. The average molecular weight is 582 g/mol. The van der Waals surface area contributed by atoms with Gasteiger partial charge in [-0.2, -0.15) is 0 Å². The van der Waals surface area contributed by atoms with Gasteiger partial charge in [0.25, 0.3) is 5.91 Å². The molecule has 0 unspecified atom stereocenters. The van der Waals surface area contributed by atoms with Gasteiger partial charge in [0, 0.05) is 60.1 Å². The van der Waals surface area contributed by atoms with Crippen LogP contribution in [0.5, 0.6) is 0 Å². The van der Waals surface area contributed by atoms with Crippen molar-refractivity contribution >= 4 is 45.1 Å². The van der Waals surface area contributed by atoms with Crippen LogP contribution < -0.4 is 4.90 Å². The van der Waals surface area contributed by atoms with Gasteiger partial charge < -0.3 is 29.4 Å². The molecular weight excluding hydrogens is 542 g/mol. The smallest absolute Gasteiger partial charge is 0.270 e. The summed E-state index contributed by atoms with van der Waals surface area (Å²) < 4.78 is 5.48. The minimum Gasteiger partial charge on any atom is -0.378 e. The van der Waals surface area contributed by atoms with Crippen molar-refractivity contribution in [1.29, 1.82) is 0 Å². The Kier molecular flexibility index (Phi) is 6.80. The lowest BCUT2D eigenvalue weighted by Gasteiger charge is -2.39. The van der Waals surface area contributed by atoms with E-state index in [1.807, 2.05) is 67.0 Å². The zero-order valence-electron chi connectivity index (χ0n) is 25.1. The Bertz CT molecular complexity index is 1680. The number of morpholine rings is 1. The van der Waals surface area contributed by atoms with Crippen LogP contribution in [0, 0.1) is 11.3 Å². The second kappa shape index (κ2) is 10.6. The maximum atomic E-state index is 14.0. The fraction of sp³-hybridized carbons (Fsp3) is 0.441. The standard InChI is InChI=1S/C34H39N5O4/c1-34(2,3)26(18-31(40)29-14-21-6-4-5-7-27(21)35-29)32(41)38-19-25-16-24(38)20-39(25)33(42)30-15-22-8-9-23(17-28(22)36-30)37-10-12-43-13-11-37/h4-9,14-15,17,24-26,35-36H,10-13,16,18-20H2,1-3H3/t24-,25-,26+/m0/s1. The van der Waals surface area contributed by atoms with E-state index in [2.05, 4.69) is 33.1 Å². The molecule has 2 bridgehead atoms. The number of rotatable bonds is 6. The van der Waals surface area contributed by atoms with Crippen LogP contribution in [0.15, 0.2) is 54.6 Å². The molecule has 3 saturated heterocycles. The Labute approximate surface area is 251 Å². The molecule has 3 atom stereocenters. The fourth-order valence-corrected chi connectivity index (χ4v) is 7.07. The number of hydrogen-bond donors (Lipinski definition) is 2. The summed E-state index contributed by atoms with van der Waals surface area (Å²) in [6.45, 7) is 10.3. The van der Waals surface area contributed by atoms with Crippen LogP contribution >= 0.6 is 0 Å². The number of benzene rings is 2. The summed E-state index contributed by atoms with van der Waals surface area (Å²) in [6.07, 6.45) is 0.916.